The molecular weight excluding hydrogens is 204 g/mol. The predicted octanol–water partition coefficient (Wildman–Crippen LogP) is 0.950. The van der Waals surface area contributed by atoms with Crippen LogP contribution in [-0.2, 0) is 4.79 Å². The number of nitrogens with one attached hydrogen (secondary N) is 1. The average Bonchev–Trinajstić information content (AvgIpc) is 2.13. The maximum absolute atomic E-state index is 11.3. The van der Waals surface area contributed by atoms with Gasteiger partial charge in [0, 0.05) is 6.04 Å². The second-order valence-corrected chi connectivity index (χ2v) is 5.78. The monoisotopic (exact) mass is 227 g/mol. The third-order valence-electron chi connectivity index (χ3n) is 3.23. The smallest absolute Gasteiger partial charge is 0.243 e. The predicted molar refractivity (Wildman–Crippen MR) is 65.0 cm³/mol. The molecule has 1 aliphatic rings. The van der Waals surface area contributed by atoms with E-state index < -0.39 is 0 Å². The van der Waals surface area contributed by atoms with E-state index in [-0.39, 0.29) is 23.0 Å². The summed E-state index contributed by atoms with van der Waals surface area (Å²) in [6, 6.07) is 0.122. The number of carbonyl (C=O) groups excluding carboxylic acids is 1. The van der Waals surface area contributed by atoms with Crippen LogP contribution in [-0.4, -0.2) is 33.3 Å². The lowest BCUT2D eigenvalue weighted by atomic mass is 9.79. The summed E-state index contributed by atoms with van der Waals surface area (Å²) in [6.07, 6.45) is 2.88. The van der Waals surface area contributed by atoms with Gasteiger partial charge in [0.15, 0.2) is 0 Å². The molecular formula is C12H23N2O2+. The molecule has 0 unspecified atom stereocenters. The second-order valence-electron chi connectivity index (χ2n) is 5.78. The van der Waals surface area contributed by atoms with Crippen molar-refractivity contribution < 1.29 is 10.0 Å². The molecule has 1 aliphatic heterocycles. The van der Waals surface area contributed by atoms with Gasteiger partial charge in [-0.15, -0.1) is 0 Å². The van der Waals surface area contributed by atoms with Gasteiger partial charge < -0.3 is 10.5 Å². The van der Waals surface area contributed by atoms with Gasteiger partial charge in [-0.1, -0.05) is 11.6 Å². The summed E-state index contributed by atoms with van der Waals surface area (Å²) in [7, 11) is 0. The Balaban J connectivity index is 2.78. The van der Waals surface area contributed by atoms with E-state index in [1.165, 1.54) is 6.08 Å². The molecule has 1 fully saturated rings. The molecule has 0 saturated carbocycles. The molecule has 92 valence electrons. The number of carbonyl (C=O) groups is 1. The minimum Gasteiger partial charge on any atom is -0.350 e. The first-order valence-electron chi connectivity index (χ1n) is 5.63. The van der Waals surface area contributed by atoms with Crippen LogP contribution >= 0.6 is 0 Å². The van der Waals surface area contributed by atoms with Crippen LogP contribution in [0.3, 0.4) is 0 Å². The van der Waals surface area contributed by atoms with Crippen molar-refractivity contribution in [3.8, 4) is 0 Å². The molecule has 0 bridgehead atoms. The van der Waals surface area contributed by atoms with E-state index in [0.717, 1.165) is 12.8 Å². The molecule has 4 heteroatoms. The summed E-state index contributed by atoms with van der Waals surface area (Å²) in [5, 5.41) is 12.7. The molecule has 0 aliphatic carbocycles. The van der Waals surface area contributed by atoms with Gasteiger partial charge in [-0.2, -0.15) is 0 Å². The lowest BCUT2D eigenvalue weighted by molar-refractivity contribution is -0.245. The summed E-state index contributed by atoms with van der Waals surface area (Å²) in [5.74, 6) is -0.130. The lowest BCUT2D eigenvalue weighted by Crippen LogP contribution is -2.62. The highest BCUT2D eigenvalue weighted by atomic mass is 16.5. The van der Waals surface area contributed by atoms with Crippen molar-refractivity contribution in [3.63, 3.8) is 0 Å². The van der Waals surface area contributed by atoms with E-state index in [4.69, 9.17) is 5.21 Å². The van der Waals surface area contributed by atoms with E-state index in [1.807, 2.05) is 27.7 Å². The SMILES string of the molecule is C=CC(=O)NC1CC(C)(C)N([OH2+])C(C)(C)C1. The molecule has 0 radical (unpaired) electrons. The number of rotatable bonds is 2. The Hall–Kier alpha value is -0.870. The fraction of sp³-hybridized carbons (Fsp3) is 0.750. The van der Waals surface area contributed by atoms with Crippen LogP contribution in [0.15, 0.2) is 12.7 Å². The Bertz CT molecular complexity index is 279. The quantitative estimate of drug-likeness (QED) is 0.564. The first kappa shape index (κ1) is 13.2. The Morgan fingerprint density at radius 2 is 1.81 bits per heavy atom. The molecule has 0 aromatic heterocycles. The zero-order valence-corrected chi connectivity index (χ0v) is 10.6. The van der Waals surface area contributed by atoms with Crippen LogP contribution in [0.1, 0.15) is 40.5 Å². The maximum atomic E-state index is 11.3. The summed E-state index contributed by atoms with van der Waals surface area (Å²) in [6.45, 7) is 11.6. The highest BCUT2D eigenvalue weighted by molar-refractivity contribution is 5.87. The van der Waals surface area contributed by atoms with E-state index in [0.29, 0.717) is 0 Å². The Labute approximate surface area is 97.3 Å². The molecule has 1 amide bonds. The van der Waals surface area contributed by atoms with Crippen LogP contribution in [0.25, 0.3) is 0 Å². The number of hydroxylamine groups is 2. The largest absolute Gasteiger partial charge is 0.350 e. The third kappa shape index (κ3) is 2.62. The summed E-state index contributed by atoms with van der Waals surface area (Å²) < 4.78 is 0. The second kappa shape index (κ2) is 4.18. The van der Waals surface area contributed by atoms with Crippen LogP contribution in [0.5, 0.6) is 0 Å². The van der Waals surface area contributed by atoms with Crippen molar-refractivity contribution in [2.45, 2.75) is 57.7 Å². The van der Waals surface area contributed by atoms with Crippen LogP contribution in [0.4, 0.5) is 0 Å². The highest BCUT2D eigenvalue weighted by Gasteiger charge is 2.48. The summed E-state index contributed by atoms with van der Waals surface area (Å²) >= 11 is 0. The molecule has 4 nitrogen and oxygen atoms in total. The average molecular weight is 227 g/mol. The molecule has 0 atom stereocenters. The van der Waals surface area contributed by atoms with E-state index in [9.17, 15) is 4.79 Å². The number of hydrogen-bond acceptors (Lipinski definition) is 2. The van der Waals surface area contributed by atoms with Crippen molar-refractivity contribution in [1.29, 1.82) is 0 Å². The minimum absolute atomic E-state index is 0.122. The first-order valence-corrected chi connectivity index (χ1v) is 5.63. The summed E-state index contributed by atoms with van der Waals surface area (Å²) in [4.78, 5) is 11.3. The number of amides is 1. The van der Waals surface area contributed by atoms with Gasteiger partial charge in [-0.25, -0.2) is 0 Å². The Morgan fingerprint density at radius 3 is 2.19 bits per heavy atom. The van der Waals surface area contributed by atoms with Crippen LogP contribution in [0.2, 0.25) is 0 Å². The van der Waals surface area contributed by atoms with Crippen molar-refractivity contribution in [2.75, 3.05) is 0 Å². The molecule has 0 spiro atoms. The van der Waals surface area contributed by atoms with Gasteiger partial charge in [-0.3, -0.25) is 4.79 Å². The van der Waals surface area contributed by atoms with E-state index in [2.05, 4.69) is 11.9 Å². The fourth-order valence-corrected chi connectivity index (χ4v) is 2.64. The van der Waals surface area contributed by atoms with Gasteiger partial charge >= 0.3 is 0 Å². The van der Waals surface area contributed by atoms with Gasteiger partial charge in [0.1, 0.15) is 0 Å². The standard InChI is InChI=1S/C12H22N2O2/c1-6-10(15)13-9-7-11(2,3)14(16)12(4,5)8-9/h6,9,16H,1,7-8H2,2-5H3,(H,13,15)/p+1. The minimum atomic E-state index is -0.221. The number of nitrogens with zero attached hydrogens (tertiary/aromatic N) is 1. The lowest BCUT2D eigenvalue weighted by Gasteiger charge is -2.47. The Morgan fingerprint density at radius 1 is 1.38 bits per heavy atom. The molecule has 0 aromatic rings. The molecule has 1 heterocycles. The van der Waals surface area contributed by atoms with Crippen molar-refractivity contribution in [3.05, 3.63) is 12.7 Å². The molecule has 1 rings (SSSR count). The Kier molecular flexibility index (Phi) is 3.45. The van der Waals surface area contributed by atoms with Crippen molar-refractivity contribution in [1.82, 2.24) is 10.4 Å². The number of hydrogen-bond donors (Lipinski definition) is 1. The van der Waals surface area contributed by atoms with E-state index in [1.54, 1.807) is 5.06 Å². The first-order chi connectivity index (χ1) is 7.19. The fourth-order valence-electron chi connectivity index (χ4n) is 2.64. The van der Waals surface area contributed by atoms with Gasteiger partial charge in [0.2, 0.25) is 5.91 Å². The molecule has 0 aromatic carbocycles. The number of piperidine rings is 1. The zero-order chi connectivity index (χ0) is 12.6. The van der Waals surface area contributed by atoms with Gasteiger partial charge in [0.05, 0.1) is 11.1 Å². The normalized spacial score (nSPS) is 25.1. The summed E-state index contributed by atoms with van der Waals surface area (Å²) in [5.41, 5.74) is -0.443. The highest BCUT2D eigenvalue weighted by Crippen LogP contribution is 2.36. The molecule has 16 heavy (non-hydrogen) atoms. The zero-order valence-electron chi connectivity index (χ0n) is 10.6. The van der Waals surface area contributed by atoms with Gasteiger partial charge in [-0.05, 0) is 46.6 Å². The third-order valence-corrected chi connectivity index (χ3v) is 3.23. The van der Waals surface area contributed by atoms with Crippen LogP contribution in [0, 0.1) is 0 Å². The maximum Gasteiger partial charge on any atom is 0.243 e. The van der Waals surface area contributed by atoms with Crippen molar-refractivity contribution in [2.24, 2.45) is 0 Å². The molecule has 1 saturated heterocycles. The molecule has 3 N–H and O–H groups in total. The van der Waals surface area contributed by atoms with Gasteiger partial charge in [0.25, 0.3) is 0 Å². The topological polar surface area (TPSA) is 55.2 Å². The van der Waals surface area contributed by atoms with Crippen LogP contribution < -0.4 is 5.32 Å². The van der Waals surface area contributed by atoms with E-state index >= 15 is 0 Å². The van der Waals surface area contributed by atoms with Crippen molar-refractivity contribution >= 4 is 5.91 Å².